The van der Waals surface area contributed by atoms with E-state index in [1.165, 1.54) is 17.9 Å². The van der Waals surface area contributed by atoms with Gasteiger partial charge in [0.05, 0.1) is 48.6 Å². The van der Waals surface area contributed by atoms with Crippen molar-refractivity contribution in [1.29, 1.82) is 5.26 Å². The number of benzene rings is 1. The van der Waals surface area contributed by atoms with E-state index < -0.39 is 70.1 Å². The van der Waals surface area contributed by atoms with Gasteiger partial charge in [0, 0.05) is 32.6 Å². The van der Waals surface area contributed by atoms with Crippen LogP contribution >= 0.6 is 27.6 Å². The number of hydrogen-bond acceptors (Lipinski definition) is 12. The predicted molar refractivity (Wildman–Crippen MR) is 174 cm³/mol. The van der Waals surface area contributed by atoms with Crippen LogP contribution in [0, 0.1) is 18.3 Å². The van der Waals surface area contributed by atoms with Crippen LogP contribution < -0.4 is 15.8 Å². The Morgan fingerprint density at radius 3 is 2.49 bits per heavy atom. The first-order valence-corrected chi connectivity index (χ1v) is 19.0. The number of H-pyrrole nitrogens is 1. The van der Waals surface area contributed by atoms with Crippen molar-refractivity contribution in [2.24, 2.45) is 0 Å². The zero-order valence-corrected chi connectivity index (χ0v) is 29.7. The van der Waals surface area contributed by atoms with Gasteiger partial charge in [-0.15, -0.1) is 0 Å². The molecule has 1 aromatic heterocycles. The number of methoxy groups -OCH3 is 2. The minimum absolute atomic E-state index is 0.0682. The fourth-order valence-electron chi connectivity index (χ4n) is 5.69. The van der Waals surface area contributed by atoms with E-state index in [-0.39, 0.29) is 42.5 Å². The number of nitriles is 1. The van der Waals surface area contributed by atoms with Gasteiger partial charge in [-0.3, -0.25) is 18.9 Å². The molecular weight excluding hydrogens is 676 g/mol. The summed E-state index contributed by atoms with van der Waals surface area (Å²) >= 11 is 6.40. The molecule has 0 spiro atoms. The highest BCUT2D eigenvalue weighted by molar-refractivity contribution is 7.54. The predicted octanol–water partition coefficient (Wildman–Crippen LogP) is 4.93. The molecule has 47 heavy (non-hydrogen) atoms. The van der Waals surface area contributed by atoms with Gasteiger partial charge in [0.1, 0.15) is 30.2 Å². The van der Waals surface area contributed by atoms with Crippen molar-refractivity contribution in [1.82, 2.24) is 9.55 Å². The summed E-state index contributed by atoms with van der Waals surface area (Å²) < 4.78 is 64.3. The van der Waals surface area contributed by atoms with Gasteiger partial charge in [0.15, 0.2) is 14.6 Å². The Morgan fingerprint density at radius 1 is 1.11 bits per heavy atom. The van der Waals surface area contributed by atoms with E-state index in [1.807, 2.05) is 19.9 Å². The molecule has 0 radical (unpaired) electrons. The third kappa shape index (κ3) is 9.11. The fourth-order valence-corrected chi connectivity index (χ4v) is 8.82. The third-order valence-corrected chi connectivity index (χ3v) is 11.2. The quantitative estimate of drug-likeness (QED) is 0.184. The van der Waals surface area contributed by atoms with E-state index in [2.05, 4.69) is 4.98 Å². The van der Waals surface area contributed by atoms with Gasteiger partial charge in [0.25, 0.3) is 5.56 Å². The Labute approximate surface area is 279 Å². The minimum Gasteiger partial charge on any atom is -0.423 e. The number of ether oxygens (including phenoxy) is 4. The second-order valence-corrected chi connectivity index (χ2v) is 15.0. The number of aryl methyl sites for hydroxylation is 1. The van der Waals surface area contributed by atoms with E-state index in [1.54, 1.807) is 45.0 Å². The number of halogens is 1. The number of rotatable bonds is 16. The van der Waals surface area contributed by atoms with Crippen LogP contribution in [0.5, 0.6) is 5.75 Å². The minimum atomic E-state index is -4.02. The average molecular weight is 718 g/mol. The van der Waals surface area contributed by atoms with Gasteiger partial charge in [-0.2, -0.15) is 5.26 Å². The van der Waals surface area contributed by atoms with Crippen LogP contribution in [0.3, 0.4) is 0 Å². The van der Waals surface area contributed by atoms with Gasteiger partial charge in [-0.05, 0) is 38.8 Å². The summed E-state index contributed by atoms with van der Waals surface area (Å²) in [7, 11) is -2.56. The Kier molecular flexibility index (Phi) is 13.6. The second-order valence-electron chi connectivity index (χ2n) is 11.2. The van der Waals surface area contributed by atoms with Gasteiger partial charge in [-0.25, -0.2) is 9.36 Å². The lowest BCUT2D eigenvalue weighted by molar-refractivity contribution is -0.0540. The molecule has 0 aliphatic carbocycles. The average Bonchev–Trinajstić information content (AvgIpc) is 3.54. The van der Waals surface area contributed by atoms with Gasteiger partial charge < -0.3 is 32.5 Å². The summed E-state index contributed by atoms with van der Waals surface area (Å²) in [6.07, 6.45) is -3.35. The lowest BCUT2D eigenvalue weighted by Gasteiger charge is -2.29. The lowest BCUT2D eigenvalue weighted by Crippen LogP contribution is -2.40. The molecule has 4 rings (SSSR count). The van der Waals surface area contributed by atoms with Crippen molar-refractivity contribution >= 4 is 27.6 Å². The number of para-hydroxylation sites is 1. The highest BCUT2D eigenvalue weighted by Gasteiger charge is 2.51. The number of nitrogens with one attached hydrogen (secondary N) is 1. The van der Waals surface area contributed by atoms with Crippen molar-refractivity contribution in [2.75, 3.05) is 33.7 Å². The molecule has 10 atom stereocenters. The van der Waals surface area contributed by atoms with Crippen molar-refractivity contribution in [3.05, 3.63) is 61.9 Å². The van der Waals surface area contributed by atoms with Crippen molar-refractivity contribution in [3.8, 4) is 11.8 Å². The van der Waals surface area contributed by atoms with Crippen LogP contribution in [0.25, 0.3) is 0 Å². The number of aromatic nitrogens is 2. The highest BCUT2D eigenvalue weighted by atomic mass is 35.5. The molecule has 3 heterocycles. The third-order valence-electron chi connectivity index (χ3n) is 8.00. The largest absolute Gasteiger partial charge is 0.423 e. The van der Waals surface area contributed by atoms with Crippen LogP contribution in [0.2, 0.25) is 5.02 Å². The number of hydrogen-bond donors (Lipinski definition) is 1. The zero-order valence-electron chi connectivity index (χ0n) is 27.2. The number of nitrogens with zero attached hydrogens (tertiary/aromatic N) is 2. The smallest absolute Gasteiger partial charge is 0.379 e. The normalized spacial score (nSPS) is 29.3. The summed E-state index contributed by atoms with van der Waals surface area (Å²) in [5, 5.41) is 9.18. The molecular formula is C30H42ClN3O11P2. The maximum absolute atomic E-state index is 14.7. The molecule has 2 aromatic rings. The highest BCUT2D eigenvalue weighted by Crippen LogP contribution is 2.55. The van der Waals surface area contributed by atoms with Crippen molar-refractivity contribution in [3.63, 3.8) is 0 Å². The first-order chi connectivity index (χ1) is 22.4. The lowest BCUT2D eigenvalue weighted by atomic mass is 10.1. The van der Waals surface area contributed by atoms with E-state index in [0.29, 0.717) is 12.0 Å². The zero-order chi connectivity index (χ0) is 34.3. The molecule has 260 valence electrons. The SMILES string of the molecule is CCC1OC(C)C(OC)C1OP(=O)(CCC1OC(n2cc(C)c(=O)[nH]c2=O)C(OC)C1OP(C)OCCC#N)Oc1ccccc1Cl. The topological polar surface area (TPSA) is 170 Å². The van der Waals surface area contributed by atoms with Crippen LogP contribution in [0.4, 0.5) is 0 Å². The molecule has 2 fully saturated rings. The molecule has 10 unspecified atom stereocenters. The molecule has 14 nitrogen and oxygen atoms in total. The first-order valence-electron chi connectivity index (χ1n) is 15.3. The second kappa shape index (κ2) is 17.0. The Bertz CT molecular complexity index is 1550. The van der Waals surface area contributed by atoms with Crippen LogP contribution in [0.1, 0.15) is 44.9 Å². The Balaban J connectivity index is 1.66. The number of aromatic amines is 1. The van der Waals surface area contributed by atoms with Crippen molar-refractivity contribution in [2.45, 2.75) is 89.0 Å². The van der Waals surface area contributed by atoms with Crippen LogP contribution in [-0.4, -0.2) is 85.9 Å². The van der Waals surface area contributed by atoms with Gasteiger partial charge in [0.2, 0.25) is 0 Å². The summed E-state index contributed by atoms with van der Waals surface area (Å²) in [4.78, 5) is 27.3. The van der Waals surface area contributed by atoms with E-state index in [4.69, 9.17) is 53.9 Å². The maximum Gasteiger partial charge on any atom is 0.379 e. The summed E-state index contributed by atoms with van der Waals surface area (Å²) in [6, 6.07) is 8.67. The molecule has 1 N–H and O–H groups in total. The molecule has 0 bridgehead atoms. The van der Waals surface area contributed by atoms with E-state index >= 15 is 0 Å². The summed E-state index contributed by atoms with van der Waals surface area (Å²) in [5.74, 6) is 0.178. The summed E-state index contributed by atoms with van der Waals surface area (Å²) in [6.45, 7) is 7.25. The van der Waals surface area contributed by atoms with E-state index in [9.17, 15) is 14.2 Å². The standard InChI is InChI=1S/C30H42ClN3O11P2/c1-7-21-26(24(38-4)19(3)41-21)45-47(37,44-22-12-9-8-11-20(22)31)16-13-23-25(43-46(6)40-15-10-14-32)27(39-5)29(42-23)34-17-18(2)28(35)33-30(34)36/h8-9,11-12,17,19,21,23-27,29H,7,10,13,15-16H2,1-6H3,(H,33,35,36). The first kappa shape index (κ1) is 37.7. The molecule has 0 amide bonds. The fraction of sp³-hybridized carbons (Fsp3) is 0.633. The maximum atomic E-state index is 14.7. The Morgan fingerprint density at radius 2 is 1.83 bits per heavy atom. The molecule has 2 aliphatic rings. The molecule has 0 saturated carbocycles. The van der Waals surface area contributed by atoms with Crippen LogP contribution in [0.15, 0.2) is 40.1 Å². The summed E-state index contributed by atoms with van der Waals surface area (Å²) in [5.41, 5.74) is -0.928. The monoisotopic (exact) mass is 717 g/mol. The van der Waals surface area contributed by atoms with Crippen molar-refractivity contribution < 1.29 is 41.6 Å². The van der Waals surface area contributed by atoms with Gasteiger partial charge >= 0.3 is 13.3 Å². The molecule has 17 heteroatoms. The molecule has 2 saturated heterocycles. The Hall–Kier alpha value is -2.14. The van der Waals surface area contributed by atoms with Gasteiger partial charge in [-0.1, -0.05) is 30.7 Å². The molecule has 1 aromatic carbocycles. The van der Waals surface area contributed by atoms with Crippen LogP contribution in [-0.2, 0) is 37.1 Å². The molecule has 2 aliphatic heterocycles. The van der Waals surface area contributed by atoms with E-state index in [0.717, 1.165) is 0 Å².